The van der Waals surface area contributed by atoms with E-state index in [2.05, 4.69) is 35.3 Å². The SMILES string of the molecule is CCCCN(CC(N)=O)c1cccc2c1NCCC2. The number of nitrogens with two attached hydrogens (primary N) is 1. The van der Waals surface area contributed by atoms with Crippen LogP contribution in [0.1, 0.15) is 31.7 Å². The molecule has 2 rings (SSSR count). The third-order valence-electron chi connectivity index (χ3n) is 3.52. The van der Waals surface area contributed by atoms with Gasteiger partial charge in [-0.25, -0.2) is 0 Å². The Morgan fingerprint density at radius 3 is 3.05 bits per heavy atom. The molecule has 3 N–H and O–H groups in total. The van der Waals surface area contributed by atoms with Crippen LogP contribution in [0.2, 0.25) is 0 Å². The Kier molecular flexibility index (Phi) is 4.66. The van der Waals surface area contributed by atoms with E-state index in [1.54, 1.807) is 0 Å². The molecule has 19 heavy (non-hydrogen) atoms. The first-order valence-corrected chi connectivity index (χ1v) is 7.11. The van der Waals surface area contributed by atoms with Crippen molar-refractivity contribution < 1.29 is 4.79 Å². The first-order chi connectivity index (χ1) is 9.22. The van der Waals surface area contributed by atoms with Crippen LogP contribution in [0.25, 0.3) is 0 Å². The highest BCUT2D eigenvalue weighted by Gasteiger charge is 2.17. The molecule has 0 unspecified atom stereocenters. The molecule has 0 fully saturated rings. The fourth-order valence-electron chi connectivity index (χ4n) is 2.58. The Balaban J connectivity index is 2.26. The number of aryl methyl sites for hydroxylation is 1. The van der Waals surface area contributed by atoms with Gasteiger partial charge in [0.05, 0.1) is 17.9 Å². The monoisotopic (exact) mass is 261 g/mol. The molecule has 1 aliphatic rings. The molecule has 1 aliphatic heterocycles. The standard InChI is InChI=1S/C15H23N3O/c1-2-3-10-18(11-14(16)19)13-8-4-6-12-7-5-9-17-15(12)13/h4,6,8,17H,2-3,5,7,9-11H2,1H3,(H2,16,19). The fourth-order valence-corrected chi connectivity index (χ4v) is 2.58. The number of nitrogens with zero attached hydrogens (tertiary/aromatic N) is 1. The van der Waals surface area contributed by atoms with Gasteiger partial charge in [-0.2, -0.15) is 0 Å². The lowest BCUT2D eigenvalue weighted by molar-refractivity contribution is -0.116. The van der Waals surface area contributed by atoms with E-state index in [9.17, 15) is 4.79 Å². The summed E-state index contributed by atoms with van der Waals surface area (Å²) in [6, 6.07) is 6.31. The normalized spacial score (nSPS) is 13.5. The predicted molar refractivity (Wildman–Crippen MR) is 79.6 cm³/mol. The van der Waals surface area contributed by atoms with E-state index in [4.69, 9.17) is 5.73 Å². The summed E-state index contributed by atoms with van der Waals surface area (Å²) in [6.07, 6.45) is 4.45. The smallest absolute Gasteiger partial charge is 0.236 e. The zero-order valence-electron chi connectivity index (χ0n) is 11.6. The first kappa shape index (κ1) is 13.7. The van der Waals surface area contributed by atoms with Gasteiger partial charge in [0.15, 0.2) is 0 Å². The molecule has 0 aliphatic carbocycles. The zero-order valence-corrected chi connectivity index (χ0v) is 11.6. The molecule has 104 valence electrons. The average Bonchev–Trinajstić information content (AvgIpc) is 2.42. The summed E-state index contributed by atoms with van der Waals surface area (Å²) in [4.78, 5) is 13.4. The molecule has 1 aromatic carbocycles. The van der Waals surface area contributed by atoms with E-state index in [1.165, 1.54) is 17.7 Å². The third kappa shape index (κ3) is 3.40. The highest BCUT2D eigenvalue weighted by molar-refractivity contribution is 5.83. The minimum Gasteiger partial charge on any atom is -0.383 e. The van der Waals surface area contributed by atoms with Gasteiger partial charge in [-0.15, -0.1) is 0 Å². The summed E-state index contributed by atoms with van der Waals surface area (Å²) in [5, 5.41) is 3.47. The average molecular weight is 261 g/mol. The van der Waals surface area contributed by atoms with Gasteiger partial charge in [-0.05, 0) is 30.9 Å². The third-order valence-corrected chi connectivity index (χ3v) is 3.52. The van der Waals surface area contributed by atoms with Crippen molar-refractivity contribution in [3.05, 3.63) is 23.8 Å². The molecule has 1 amide bonds. The van der Waals surface area contributed by atoms with Crippen LogP contribution in [0, 0.1) is 0 Å². The maximum absolute atomic E-state index is 11.3. The summed E-state index contributed by atoms with van der Waals surface area (Å²) in [6.45, 7) is 4.32. The maximum atomic E-state index is 11.3. The van der Waals surface area contributed by atoms with Crippen LogP contribution in [0.15, 0.2) is 18.2 Å². The van der Waals surface area contributed by atoms with Crippen LogP contribution in [0.5, 0.6) is 0 Å². The summed E-state index contributed by atoms with van der Waals surface area (Å²) in [5.41, 5.74) is 9.02. The molecule has 1 aromatic rings. The van der Waals surface area contributed by atoms with Crippen molar-refractivity contribution in [2.45, 2.75) is 32.6 Å². The summed E-state index contributed by atoms with van der Waals surface area (Å²) < 4.78 is 0. The van der Waals surface area contributed by atoms with Crippen molar-refractivity contribution in [1.29, 1.82) is 0 Å². The van der Waals surface area contributed by atoms with E-state index in [-0.39, 0.29) is 12.5 Å². The molecule has 0 spiro atoms. The first-order valence-electron chi connectivity index (χ1n) is 7.11. The van der Waals surface area contributed by atoms with Crippen molar-refractivity contribution in [2.75, 3.05) is 29.9 Å². The Morgan fingerprint density at radius 1 is 1.47 bits per heavy atom. The Bertz CT molecular complexity index is 445. The molecule has 4 heteroatoms. The number of carbonyl (C=O) groups is 1. The van der Waals surface area contributed by atoms with Gasteiger partial charge in [0.25, 0.3) is 0 Å². The number of fused-ring (bicyclic) bond motifs is 1. The van der Waals surface area contributed by atoms with Gasteiger partial charge in [0, 0.05) is 13.1 Å². The Labute approximate surface area is 115 Å². The van der Waals surface area contributed by atoms with Crippen molar-refractivity contribution >= 4 is 17.3 Å². The van der Waals surface area contributed by atoms with Crippen molar-refractivity contribution in [3.63, 3.8) is 0 Å². The van der Waals surface area contributed by atoms with Gasteiger partial charge in [0.2, 0.25) is 5.91 Å². The number of nitrogens with one attached hydrogen (secondary N) is 1. The minimum atomic E-state index is -0.274. The lowest BCUT2D eigenvalue weighted by Gasteiger charge is -2.29. The molecule has 0 atom stereocenters. The fraction of sp³-hybridized carbons (Fsp3) is 0.533. The van der Waals surface area contributed by atoms with E-state index in [1.807, 2.05) is 0 Å². The molecular weight excluding hydrogens is 238 g/mol. The van der Waals surface area contributed by atoms with Crippen LogP contribution in [0.3, 0.4) is 0 Å². The molecular formula is C15H23N3O. The van der Waals surface area contributed by atoms with E-state index in [0.29, 0.717) is 0 Å². The highest BCUT2D eigenvalue weighted by Crippen LogP contribution is 2.32. The minimum absolute atomic E-state index is 0.274. The highest BCUT2D eigenvalue weighted by atomic mass is 16.1. The molecule has 0 aromatic heterocycles. The van der Waals surface area contributed by atoms with Gasteiger partial charge in [0.1, 0.15) is 0 Å². The quantitative estimate of drug-likeness (QED) is 0.825. The number of primary amides is 1. The van der Waals surface area contributed by atoms with Crippen LogP contribution in [-0.4, -0.2) is 25.5 Å². The van der Waals surface area contributed by atoms with Crippen molar-refractivity contribution in [3.8, 4) is 0 Å². The van der Waals surface area contributed by atoms with Crippen LogP contribution in [0.4, 0.5) is 11.4 Å². The predicted octanol–water partition coefficient (Wildman–Crippen LogP) is 2.14. The lowest BCUT2D eigenvalue weighted by atomic mass is 10.0. The number of hydrogen-bond acceptors (Lipinski definition) is 3. The number of carbonyl (C=O) groups excluding carboxylic acids is 1. The number of amides is 1. The number of benzene rings is 1. The summed E-state index contributed by atoms with van der Waals surface area (Å²) >= 11 is 0. The number of rotatable bonds is 6. The largest absolute Gasteiger partial charge is 0.383 e. The van der Waals surface area contributed by atoms with Crippen LogP contribution in [-0.2, 0) is 11.2 Å². The van der Waals surface area contributed by atoms with Gasteiger partial charge < -0.3 is 16.0 Å². The van der Waals surface area contributed by atoms with E-state index < -0.39 is 0 Å². The Hall–Kier alpha value is -1.71. The summed E-state index contributed by atoms with van der Waals surface area (Å²) in [5.74, 6) is -0.274. The molecule has 4 nitrogen and oxygen atoms in total. The number of anilines is 2. The lowest BCUT2D eigenvalue weighted by Crippen LogP contribution is -2.35. The van der Waals surface area contributed by atoms with Gasteiger partial charge in [-0.1, -0.05) is 25.5 Å². The topological polar surface area (TPSA) is 58.4 Å². The van der Waals surface area contributed by atoms with Crippen molar-refractivity contribution in [1.82, 2.24) is 0 Å². The molecule has 0 bridgehead atoms. The van der Waals surface area contributed by atoms with Crippen LogP contribution >= 0.6 is 0 Å². The number of hydrogen-bond donors (Lipinski definition) is 2. The summed E-state index contributed by atoms with van der Waals surface area (Å²) in [7, 11) is 0. The van der Waals surface area contributed by atoms with E-state index in [0.717, 1.165) is 38.0 Å². The molecule has 0 radical (unpaired) electrons. The second-order valence-electron chi connectivity index (χ2n) is 5.08. The number of unbranched alkanes of at least 4 members (excludes halogenated alkanes) is 1. The Morgan fingerprint density at radius 2 is 2.32 bits per heavy atom. The van der Waals surface area contributed by atoms with Gasteiger partial charge in [-0.3, -0.25) is 4.79 Å². The number of para-hydroxylation sites is 1. The second-order valence-corrected chi connectivity index (χ2v) is 5.08. The molecule has 0 saturated heterocycles. The maximum Gasteiger partial charge on any atom is 0.236 e. The molecule has 0 saturated carbocycles. The second kappa shape index (κ2) is 6.45. The van der Waals surface area contributed by atoms with E-state index >= 15 is 0 Å². The molecule has 1 heterocycles. The van der Waals surface area contributed by atoms with Crippen LogP contribution < -0.4 is 16.0 Å². The zero-order chi connectivity index (χ0) is 13.7. The van der Waals surface area contributed by atoms with Gasteiger partial charge >= 0.3 is 0 Å². The van der Waals surface area contributed by atoms with Crippen molar-refractivity contribution in [2.24, 2.45) is 5.73 Å².